The summed E-state index contributed by atoms with van der Waals surface area (Å²) in [5, 5.41) is 14.2. The van der Waals surface area contributed by atoms with E-state index in [2.05, 4.69) is 17.2 Å². The summed E-state index contributed by atoms with van der Waals surface area (Å²) in [4.78, 5) is 15.0. The highest BCUT2D eigenvalue weighted by Gasteiger charge is 2.21. The highest BCUT2D eigenvalue weighted by atomic mass is 16.6. The summed E-state index contributed by atoms with van der Waals surface area (Å²) in [6.45, 7) is 2.87. The molecule has 6 nitrogen and oxygen atoms in total. The average Bonchev–Trinajstić information content (AvgIpc) is 2.76. The number of fused-ring (bicyclic) bond motifs is 1. The van der Waals surface area contributed by atoms with Gasteiger partial charge in [-0.2, -0.15) is 9.38 Å². The first-order chi connectivity index (χ1) is 9.24. The maximum Gasteiger partial charge on any atom is 0.372 e. The van der Waals surface area contributed by atoms with Crippen LogP contribution >= 0.6 is 0 Å². The predicted molar refractivity (Wildman–Crippen MR) is 74.5 cm³/mol. The molecular formula is C13H18N4O2. The van der Waals surface area contributed by atoms with E-state index in [9.17, 15) is 10.1 Å². The molecule has 0 aromatic carbocycles. The molecule has 0 aliphatic rings. The van der Waals surface area contributed by atoms with Crippen LogP contribution in [-0.2, 0) is 0 Å². The average molecular weight is 262 g/mol. The summed E-state index contributed by atoms with van der Waals surface area (Å²) in [6.07, 6.45) is 6.15. The van der Waals surface area contributed by atoms with Crippen LogP contribution in [0.3, 0.4) is 0 Å². The number of rotatable bonds is 7. The van der Waals surface area contributed by atoms with Gasteiger partial charge in [0.1, 0.15) is 0 Å². The Morgan fingerprint density at radius 1 is 1.37 bits per heavy atom. The Hall–Kier alpha value is -2.11. The zero-order chi connectivity index (χ0) is 13.7. The molecule has 0 unspecified atom stereocenters. The second-order valence-electron chi connectivity index (χ2n) is 4.46. The van der Waals surface area contributed by atoms with Crippen LogP contribution in [0.15, 0.2) is 24.4 Å². The quantitative estimate of drug-likeness (QED) is 0.472. The maximum absolute atomic E-state index is 11.1. The number of unbranched alkanes of at least 4 members (excludes halogenated alkanes) is 3. The Kier molecular flexibility index (Phi) is 4.33. The second kappa shape index (κ2) is 6.17. The van der Waals surface area contributed by atoms with Gasteiger partial charge in [0.15, 0.2) is 0 Å². The van der Waals surface area contributed by atoms with Crippen LogP contribution in [0.5, 0.6) is 0 Å². The van der Waals surface area contributed by atoms with Crippen molar-refractivity contribution in [1.29, 1.82) is 0 Å². The number of nitro groups is 1. The molecule has 1 N–H and O–H groups in total. The molecule has 0 aliphatic carbocycles. The lowest BCUT2D eigenvalue weighted by atomic mass is 10.2. The van der Waals surface area contributed by atoms with Crippen LogP contribution in [0.4, 0.5) is 11.6 Å². The summed E-state index contributed by atoms with van der Waals surface area (Å²) in [5.41, 5.74) is 0.588. The van der Waals surface area contributed by atoms with Crippen LogP contribution in [0.25, 0.3) is 5.65 Å². The third-order valence-corrected chi connectivity index (χ3v) is 3.00. The number of nitrogens with zero attached hydrogens (tertiary/aromatic N) is 3. The molecule has 0 bridgehead atoms. The van der Waals surface area contributed by atoms with E-state index in [1.165, 1.54) is 17.2 Å². The molecule has 0 amide bonds. The molecular weight excluding hydrogens is 244 g/mol. The zero-order valence-corrected chi connectivity index (χ0v) is 11.0. The Morgan fingerprint density at radius 3 is 2.95 bits per heavy atom. The minimum atomic E-state index is -0.394. The monoisotopic (exact) mass is 262 g/mol. The highest BCUT2D eigenvalue weighted by Crippen LogP contribution is 2.25. The highest BCUT2D eigenvalue weighted by molar-refractivity contribution is 5.62. The maximum atomic E-state index is 11.1. The molecule has 19 heavy (non-hydrogen) atoms. The van der Waals surface area contributed by atoms with Crippen molar-refractivity contribution in [2.75, 3.05) is 11.9 Å². The minimum absolute atomic E-state index is 0.00564. The molecule has 0 atom stereocenters. The van der Waals surface area contributed by atoms with E-state index < -0.39 is 4.92 Å². The topological polar surface area (TPSA) is 72.5 Å². The molecule has 0 aliphatic heterocycles. The van der Waals surface area contributed by atoms with Crippen LogP contribution in [0, 0.1) is 10.1 Å². The number of pyridine rings is 1. The molecule has 2 aromatic heterocycles. The molecule has 102 valence electrons. The standard InChI is InChI=1S/C13H18N4O2/c1-2-3-4-6-9-14-12-13(17(18)19)16-10-7-5-8-11(16)15-12/h5,7-8,10,14H,2-4,6,9H2,1H3. The van der Waals surface area contributed by atoms with E-state index >= 15 is 0 Å². The Morgan fingerprint density at radius 2 is 2.21 bits per heavy atom. The van der Waals surface area contributed by atoms with Crippen molar-refractivity contribution in [2.45, 2.75) is 32.6 Å². The van der Waals surface area contributed by atoms with Gasteiger partial charge in [-0.05, 0) is 17.4 Å². The third kappa shape index (κ3) is 3.01. The fourth-order valence-electron chi connectivity index (χ4n) is 2.03. The Balaban J connectivity index is 2.13. The molecule has 0 fully saturated rings. The Bertz CT molecular complexity index is 565. The third-order valence-electron chi connectivity index (χ3n) is 3.00. The second-order valence-corrected chi connectivity index (χ2v) is 4.46. The molecule has 2 heterocycles. The van der Waals surface area contributed by atoms with Crippen molar-refractivity contribution in [1.82, 2.24) is 9.38 Å². The van der Waals surface area contributed by atoms with E-state index in [1.807, 2.05) is 6.07 Å². The van der Waals surface area contributed by atoms with Crippen LogP contribution in [-0.4, -0.2) is 20.9 Å². The number of aromatic nitrogens is 2. The fraction of sp³-hybridized carbons (Fsp3) is 0.462. The lowest BCUT2D eigenvalue weighted by Crippen LogP contribution is -2.04. The number of hydrogen-bond acceptors (Lipinski definition) is 4. The van der Waals surface area contributed by atoms with Gasteiger partial charge in [-0.15, -0.1) is 0 Å². The summed E-state index contributed by atoms with van der Waals surface area (Å²) in [6, 6.07) is 5.33. The number of anilines is 1. The molecule has 2 rings (SSSR count). The molecule has 0 radical (unpaired) electrons. The van der Waals surface area contributed by atoms with E-state index in [0.717, 1.165) is 12.8 Å². The first-order valence-electron chi connectivity index (χ1n) is 6.59. The molecule has 0 spiro atoms. The van der Waals surface area contributed by atoms with Crippen molar-refractivity contribution in [3.05, 3.63) is 34.5 Å². The van der Waals surface area contributed by atoms with Gasteiger partial charge in [-0.3, -0.25) is 0 Å². The number of imidazole rings is 1. The lowest BCUT2D eigenvalue weighted by Gasteiger charge is -2.02. The largest absolute Gasteiger partial charge is 0.372 e. The normalized spacial score (nSPS) is 10.8. The minimum Gasteiger partial charge on any atom is -0.363 e. The predicted octanol–water partition coefficient (Wildman–Crippen LogP) is 3.23. The van der Waals surface area contributed by atoms with Crippen molar-refractivity contribution in [2.24, 2.45) is 0 Å². The molecule has 0 saturated heterocycles. The van der Waals surface area contributed by atoms with Crippen LogP contribution in [0.1, 0.15) is 32.6 Å². The lowest BCUT2D eigenvalue weighted by molar-refractivity contribution is -0.389. The van der Waals surface area contributed by atoms with Crippen molar-refractivity contribution < 1.29 is 4.92 Å². The summed E-state index contributed by atoms with van der Waals surface area (Å²) in [7, 11) is 0. The van der Waals surface area contributed by atoms with Crippen molar-refractivity contribution in [3.8, 4) is 0 Å². The van der Waals surface area contributed by atoms with Gasteiger partial charge in [0.2, 0.25) is 11.5 Å². The van der Waals surface area contributed by atoms with Crippen molar-refractivity contribution in [3.63, 3.8) is 0 Å². The first-order valence-corrected chi connectivity index (χ1v) is 6.59. The smallest absolute Gasteiger partial charge is 0.363 e. The zero-order valence-electron chi connectivity index (χ0n) is 11.0. The summed E-state index contributed by atoms with van der Waals surface area (Å²) < 4.78 is 1.49. The summed E-state index contributed by atoms with van der Waals surface area (Å²) >= 11 is 0. The van der Waals surface area contributed by atoms with Gasteiger partial charge in [-0.1, -0.05) is 32.3 Å². The van der Waals surface area contributed by atoms with Gasteiger partial charge in [-0.25, -0.2) is 0 Å². The van der Waals surface area contributed by atoms with Crippen LogP contribution in [0.2, 0.25) is 0 Å². The van der Waals surface area contributed by atoms with Gasteiger partial charge < -0.3 is 15.4 Å². The van der Waals surface area contributed by atoms with E-state index in [0.29, 0.717) is 18.0 Å². The van der Waals surface area contributed by atoms with Gasteiger partial charge in [0.05, 0.1) is 6.20 Å². The van der Waals surface area contributed by atoms with Crippen molar-refractivity contribution >= 4 is 17.3 Å². The number of hydrogen-bond donors (Lipinski definition) is 1. The molecule has 2 aromatic rings. The molecule has 6 heteroatoms. The van der Waals surface area contributed by atoms with E-state index in [4.69, 9.17) is 0 Å². The van der Waals surface area contributed by atoms with Crippen LogP contribution < -0.4 is 5.32 Å². The van der Waals surface area contributed by atoms with Gasteiger partial charge in [0.25, 0.3) is 0 Å². The Labute approximate surface area is 111 Å². The number of nitrogens with one attached hydrogen (secondary N) is 1. The van der Waals surface area contributed by atoms with E-state index in [1.54, 1.807) is 18.3 Å². The van der Waals surface area contributed by atoms with Gasteiger partial charge in [0, 0.05) is 12.6 Å². The SMILES string of the molecule is CCCCCCNc1nc2ccccn2c1[N+](=O)[O-]. The summed E-state index contributed by atoms with van der Waals surface area (Å²) in [5.74, 6) is 0.360. The fourth-order valence-corrected chi connectivity index (χ4v) is 2.03. The molecule has 0 saturated carbocycles. The first kappa shape index (κ1) is 13.3. The van der Waals surface area contributed by atoms with Gasteiger partial charge >= 0.3 is 5.82 Å². The van der Waals surface area contributed by atoms with E-state index in [-0.39, 0.29) is 5.82 Å².